The molecule has 0 radical (unpaired) electrons. The normalized spacial score (nSPS) is 13.9. The molecule has 0 aromatic carbocycles. The monoisotopic (exact) mass is 503 g/mol. The maximum atomic E-state index is 12.8. The number of hydrogen-bond acceptors (Lipinski definition) is 11. The summed E-state index contributed by atoms with van der Waals surface area (Å²) in [7, 11) is 0. The highest BCUT2D eigenvalue weighted by molar-refractivity contribution is 5.73. The van der Waals surface area contributed by atoms with E-state index in [1.165, 1.54) is 10.8 Å². The molecule has 2 N–H and O–H groups in total. The average molecular weight is 504 g/mol. The van der Waals surface area contributed by atoms with Crippen LogP contribution >= 0.6 is 0 Å². The zero-order valence-electron chi connectivity index (χ0n) is 21.3. The van der Waals surface area contributed by atoms with Crippen LogP contribution in [0.25, 0.3) is 5.52 Å². The molecule has 2 aromatic rings. The van der Waals surface area contributed by atoms with Crippen LogP contribution in [-0.2, 0) is 33.3 Å². The van der Waals surface area contributed by atoms with Crippen LogP contribution in [0.15, 0.2) is 18.5 Å². The van der Waals surface area contributed by atoms with Gasteiger partial charge in [0.05, 0.1) is 29.5 Å². The zero-order valence-corrected chi connectivity index (χ0v) is 21.3. The molecule has 0 saturated carbocycles. The SMILES string of the molecule is CC(C)C(=O)OC[C@@H](OCC#N)[C@@H](OC(=O)C(C)C)[C@@H](OC(=O)C(C)C)c1ccc2c(N)ncnn12. The number of aromatic nitrogens is 3. The molecule has 0 aliphatic rings. The Kier molecular flexibility index (Phi) is 10.2. The summed E-state index contributed by atoms with van der Waals surface area (Å²) < 4.78 is 24.0. The van der Waals surface area contributed by atoms with Crippen molar-refractivity contribution in [1.82, 2.24) is 14.6 Å². The van der Waals surface area contributed by atoms with Crippen molar-refractivity contribution in [3.63, 3.8) is 0 Å². The first-order valence-corrected chi connectivity index (χ1v) is 11.6. The van der Waals surface area contributed by atoms with Gasteiger partial charge in [-0.2, -0.15) is 10.4 Å². The first kappa shape index (κ1) is 28.5. The van der Waals surface area contributed by atoms with Crippen molar-refractivity contribution in [1.29, 1.82) is 5.26 Å². The van der Waals surface area contributed by atoms with Gasteiger partial charge in [0.25, 0.3) is 0 Å². The summed E-state index contributed by atoms with van der Waals surface area (Å²) in [6.07, 6.45) is -2.47. The second kappa shape index (κ2) is 12.8. The number of carbonyl (C=O) groups is 3. The van der Waals surface area contributed by atoms with Crippen LogP contribution in [0.3, 0.4) is 0 Å². The predicted molar refractivity (Wildman–Crippen MR) is 127 cm³/mol. The van der Waals surface area contributed by atoms with E-state index in [2.05, 4.69) is 10.1 Å². The Balaban J connectivity index is 2.64. The Morgan fingerprint density at radius 1 is 1.00 bits per heavy atom. The fourth-order valence-electron chi connectivity index (χ4n) is 3.06. The molecule has 0 saturated heterocycles. The van der Waals surface area contributed by atoms with E-state index in [0.29, 0.717) is 11.2 Å². The van der Waals surface area contributed by atoms with E-state index in [1.54, 1.807) is 53.7 Å². The van der Waals surface area contributed by atoms with Gasteiger partial charge in [-0.05, 0) is 12.1 Å². The van der Waals surface area contributed by atoms with E-state index in [0.717, 1.165) is 0 Å². The van der Waals surface area contributed by atoms with Gasteiger partial charge >= 0.3 is 17.9 Å². The zero-order chi connectivity index (χ0) is 27.0. The Bertz CT molecular complexity index is 1110. The largest absolute Gasteiger partial charge is 0.463 e. The number of carbonyl (C=O) groups excluding carboxylic acids is 3. The highest BCUT2D eigenvalue weighted by Crippen LogP contribution is 2.31. The molecular formula is C24H33N5O7. The topological polar surface area (TPSA) is 168 Å². The summed E-state index contributed by atoms with van der Waals surface area (Å²) >= 11 is 0. The lowest BCUT2D eigenvalue weighted by molar-refractivity contribution is -0.191. The van der Waals surface area contributed by atoms with Gasteiger partial charge in [-0.15, -0.1) is 0 Å². The maximum absolute atomic E-state index is 12.8. The molecule has 0 bridgehead atoms. The smallest absolute Gasteiger partial charge is 0.309 e. The van der Waals surface area contributed by atoms with Gasteiger partial charge in [0.2, 0.25) is 0 Å². The summed E-state index contributed by atoms with van der Waals surface area (Å²) in [6, 6.07) is 5.09. The number of nitrogen functional groups attached to an aromatic ring is 1. The minimum Gasteiger partial charge on any atom is -0.463 e. The number of hydrogen-bond donors (Lipinski definition) is 1. The van der Waals surface area contributed by atoms with Crippen molar-refractivity contribution < 1.29 is 33.3 Å². The van der Waals surface area contributed by atoms with Crippen LogP contribution < -0.4 is 5.73 Å². The van der Waals surface area contributed by atoms with Crippen molar-refractivity contribution in [3.05, 3.63) is 24.2 Å². The third kappa shape index (κ3) is 7.14. The van der Waals surface area contributed by atoms with Gasteiger partial charge in [-0.25, -0.2) is 9.50 Å². The number of esters is 3. The average Bonchev–Trinajstić information content (AvgIpc) is 3.26. The van der Waals surface area contributed by atoms with E-state index >= 15 is 0 Å². The van der Waals surface area contributed by atoms with Crippen molar-refractivity contribution in [2.75, 3.05) is 18.9 Å². The number of fused-ring (bicyclic) bond motifs is 1. The summed E-state index contributed by atoms with van der Waals surface area (Å²) in [5.41, 5.74) is 6.72. The second-order valence-corrected chi connectivity index (χ2v) is 9.06. The van der Waals surface area contributed by atoms with E-state index < -0.39 is 60.6 Å². The van der Waals surface area contributed by atoms with E-state index in [4.69, 9.17) is 29.9 Å². The summed E-state index contributed by atoms with van der Waals surface area (Å²) in [4.78, 5) is 41.6. The minimum atomic E-state index is -1.30. The minimum absolute atomic E-state index is 0.184. The number of nitriles is 1. The molecule has 0 spiro atoms. The number of nitrogens with two attached hydrogens (primary N) is 1. The van der Waals surface area contributed by atoms with Crippen molar-refractivity contribution in [3.8, 4) is 6.07 Å². The molecule has 12 nitrogen and oxygen atoms in total. The van der Waals surface area contributed by atoms with Crippen LogP contribution in [0.4, 0.5) is 5.82 Å². The van der Waals surface area contributed by atoms with E-state index in [1.807, 2.05) is 6.07 Å². The van der Waals surface area contributed by atoms with Crippen LogP contribution in [0.5, 0.6) is 0 Å². The summed E-state index contributed by atoms with van der Waals surface area (Å²) in [5, 5.41) is 13.3. The number of nitrogens with zero attached hydrogens (tertiary/aromatic N) is 4. The highest BCUT2D eigenvalue weighted by atomic mass is 16.6. The number of rotatable bonds is 12. The molecule has 0 unspecified atom stereocenters. The van der Waals surface area contributed by atoms with Crippen LogP contribution in [-0.4, -0.2) is 57.9 Å². The van der Waals surface area contributed by atoms with Gasteiger partial charge in [-0.1, -0.05) is 41.5 Å². The van der Waals surface area contributed by atoms with Crippen molar-refractivity contribution >= 4 is 29.2 Å². The molecule has 3 atom stereocenters. The van der Waals surface area contributed by atoms with Gasteiger partial charge in [0, 0.05) is 0 Å². The molecule has 12 heteroatoms. The second-order valence-electron chi connectivity index (χ2n) is 9.06. The number of ether oxygens (including phenoxy) is 4. The summed E-state index contributed by atoms with van der Waals surface area (Å²) in [5.74, 6) is -3.00. The molecule has 2 rings (SSSR count). The molecule has 2 heterocycles. The molecular weight excluding hydrogens is 470 g/mol. The first-order chi connectivity index (χ1) is 17.0. The Labute approximate surface area is 209 Å². The third-order valence-electron chi connectivity index (χ3n) is 5.13. The van der Waals surface area contributed by atoms with E-state index in [-0.39, 0.29) is 12.4 Å². The first-order valence-electron chi connectivity index (χ1n) is 11.6. The van der Waals surface area contributed by atoms with Crippen molar-refractivity contribution in [2.45, 2.75) is 59.9 Å². The van der Waals surface area contributed by atoms with Gasteiger partial charge in [-0.3, -0.25) is 14.4 Å². The molecule has 196 valence electrons. The standard InChI is InChI=1S/C24H33N5O7/c1-13(2)22(30)34-11-18(33-10-9-25)20(36-24(32)15(5)6)19(35-23(31)14(3)4)16-7-8-17-21(26)27-12-28-29(16)17/h7-8,12-15,18-20H,10-11H2,1-6H3,(H2,26,27,28)/t18-,19+,20-/m1/s1. The van der Waals surface area contributed by atoms with Crippen LogP contribution in [0, 0.1) is 29.1 Å². The van der Waals surface area contributed by atoms with E-state index in [9.17, 15) is 14.4 Å². The lowest BCUT2D eigenvalue weighted by Gasteiger charge is -2.33. The molecule has 0 amide bonds. The van der Waals surface area contributed by atoms with Crippen molar-refractivity contribution in [2.24, 2.45) is 17.8 Å². The van der Waals surface area contributed by atoms with Crippen LogP contribution in [0.2, 0.25) is 0 Å². The molecule has 0 fully saturated rings. The lowest BCUT2D eigenvalue weighted by Crippen LogP contribution is -2.44. The number of anilines is 1. The maximum Gasteiger partial charge on any atom is 0.309 e. The molecule has 36 heavy (non-hydrogen) atoms. The predicted octanol–water partition coefficient (Wildman–Crippen LogP) is 2.23. The summed E-state index contributed by atoms with van der Waals surface area (Å²) in [6.45, 7) is 9.15. The highest BCUT2D eigenvalue weighted by Gasteiger charge is 2.41. The van der Waals surface area contributed by atoms with Gasteiger partial charge < -0.3 is 24.7 Å². The van der Waals surface area contributed by atoms with Crippen LogP contribution in [0.1, 0.15) is 53.3 Å². The van der Waals surface area contributed by atoms with Gasteiger partial charge in [0.1, 0.15) is 31.2 Å². The molecule has 0 aliphatic heterocycles. The third-order valence-corrected chi connectivity index (χ3v) is 5.13. The molecule has 0 aliphatic carbocycles. The Morgan fingerprint density at radius 3 is 2.19 bits per heavy atom. The lowest BCUT2D eigenvalue weighted by atomic mass is 10.0. The fraction of sp³-hybridized carbons (Fsp3) is 0.583. The Morgan fingerprint density at radius 2 is 1.61 bits per heavy atom. The fourth-order valence-corrected chi connectivity index (χ4v) is 3.06. The molecule has 2 aromatic heterocycles. The Hall–Kier alpha value is -3.72. The van der Waals surface area contributed by atoms with Gasteiger partial charge in [0.15, 0.2) is 18.0 Å². The quantitative estimate of drug-likeness (QED) is 0.333.